The molecule has 1 aromatic rings. The average molecular weight is 389 g/mol. The lowest BCUT2D eigenvalue weighted by Gasteiger charge is -2.47. The Morgan fingerprint density at radius 3 is 2.68 bits per heavy atom. The van der Waals surface area contributed by atoms with Crippen LogP contribution < -0.4 is 9.47 Å². The Balaban J connectivity index is 1.24. The number of benzene rings is 1. The number of morpholine rings is 1. The van der Waals surface area contributed by atoms with E-state index in [1.165, 1.54) is 0 Å². The van der Waals surface area contributed by atoms with Crippen molar-refractivity contribution in [2.24, 2.45) is 5.92 Å². The molecule has 3 heterocycles. The van der Waals surface area contributed by atoms with Crippen LogP contribution in [0.25, 0.3) is 0 Å². The van der Waals surface area contributed by atoms with Gasteiger partial charge in [0.2, 0.25) is 5.91 Å². The lowest BCUT2D eigenvalue weighted by molar-refractivity contribution is -0.172. The van der Waals surface area contributed by atoms with E-state index in [0.717, 1.165) is 63.5 Å². The number of fused-ring (bicyclic) bond motifs is 1. The number of amides is 1. The second kappa shape index (κ2) is 8.29. The molecule has 0 bridgehead atoms. The number of hydrogen-bond acceptors (Lipinski definition) is 5. The Labute approximate surface area is 167 Å². The van der Waals surface area contributed by atoms with Crippen LogP contribution in [0.5, 0.6) is 11.5 Å². The highest BCUT2D eigenvalue weighted by Crippen LogP contribution is 2.33. The Morgan fingerprint density at radius 1 is 1.18 bits per heavy atom. The molecule has 3 aliphatic rings. The van der Waals surface area contributed by atoms with Gasteiger partial charge in [-0.1, -0.05) is 26.0 Å². The summed E-state index contributed by atoms with van der Waals surface area (Å²) in [6, 6.07) is 7.87. The van der Waals surface area contributed by atoms with Crippen LogP contribution in [0.2, 0.25) is 0 Å². The fourth-order valence-corrected chi connectivity index (χ4v) is 4.41. The monoisotopic (exact) mass is 388 g/mol. The SMILES string of the molecule is CC(C)CN1CC2(CCN(CCC3COc4ccccc4O3)CC2)OCC1=O. The van der Waals surface area contributed by atoms with Crippen LogP contribution in [0.3, 0.4) is 0 Å². The minimum absolute atomic E-state index is 0.107. The first-order chi connectivity index (χ1) is 13.5. The largest absolute Gasteiger partial charge is 0.486 e. The van der Waals surface area contributed by atoms with Crippen molar-refractivity contribution in [3.05, 3.63) is 24.3 Å². The lowest BCUT2D eigenvalue weighted by Crippen LogP contribution is -2.59. The second-order valence-electron chi connectivity index (χ2n) is 8.77. The van der Waals surface area contributed by atoms with Crippen LogP contribution in [-0.4, -0.2) is 73.3 Å². The van der Waals surface area contributed by atoms with Gasteiger partial charge in [-0.15, -0.1) is 0 Å². The maximum Gasteiger partial charge on any atom is 0.248 e. The molecule has 0 saturated carbocycles. The first kappa shape index (κ1) is 19.5. The van der Waals surface area contributed by atoms with E-state index >= 15 is 0 Å². The summed E-state index contributed by atoms with van der Waals surface area (Å²) < 4.78 is 17.9. The van der Waals surface area contributed by atoms with Crippen molar-refractivity contribution in [1.82, 2.24) is 9.80 Å². The maximum atomic E-state index is 12.2. The first-order valence-corrected chi connectivity index (χ1v) is 10.6. The third kappa shape index (κ3) is 4.44. The maximum absolute atomic E-state index is 12.2. The van der Waals surface area contributed by atoms with Crippen LogP contribution in [0.1, 0.15) is 33.1 Å². The summed E-state index contributed by atoms with van der Waals surface area (Å²) in [5.41, 5.74) is -0.150. The minimum Gasteiger partial charge on any atom is -0.486 e. The number of carbonyl (C=O) groups is 1. The molecule has 3 aliphatic heterocycles. The normalized spacial score (nSPS) is 24.8. The summed E-state index contributed by atoms with van der Waals surface area (Å²) in [5, 5.41) is 0. The summed E-state index contributed by atoms with van der Waals surface area (Å²) in [4.78, 5) is 16.6. The number of likely N-dealkylation sites (tertiary alicyclic amines) is 1. The highest BCUT2D eigenvalue weighted by Gasteiger charge is 2.42. The molecule has 28 heavy (non-hydrogen) atoms. The van der Waals surface area contributed by atoms with Crippen molar-refractivity contribution < 1.29 is 19.0 Å². The third-order valence-electron chi connectivity index (χ3n) is 6.02. The first-order valence-electron chi connectivity index (χ1n) is 10.6. The minimum atomic E-state index is -0.150. The summed E-state index contributed by atoms with van der Waals surface area (Å²) in [6.45, 7) is 9.76. The quantitative estimate of drug-likeness (QED) is 0.776. The molecule has 6 nitrogen and oxygen atoms in total. The lowest BCUT2D eigenvalue weighted by atomic mass is 9.88. The number of carbonyl (C=O) groups excluding carboxylic acids is 1. The van der Waals surface area contributed by atoms with Gasteiger partial charge in [-0.25, -0.2) is 0 Å². The fraction of sp³-hybridized carbons (Fsp3) is 0.682. The van der Waals surface area contributed by atoms with E-state index in [-0.39, 0.29) is 24.2 Å². The number of ether oxygens (including phenoxy) is 3. The third-order valence-corrected chi connectivity index (χ3v) is 6.02. The number of hydrogen-bond donors (Lipinski definition) is 0. The predicted molar refractivity (Wildman–Crippen MR) is 107 cm³/mol. The molecule has 154 valence electrons. The van der Waals surface area contributed by atoms with E-state index < -0.39 is 0 Å². The molecule has 0 aromatic heterocycles. The van der Waals surface area contributed by atoms with Gasteiger partial charge < -0.3 is 24.0 Å². The van der Waals surface area contributed by atoms with Crippen LogP contribution in [0.4, 0.5) is 0 Å². The molecule has 0 radical (unpaired) electrons. The van der Waals surface area contributed by atoms with Gasteiger partial charge in [0.25, 0.3) is 0 Å². The molecule has 2 saturated heterocycles. The zero-order valence-corrected chi connectivity index (χ0v) is 17.1. The zero-order valence-electron chi connectivity index (χ0n) is 17.1. The fourth-order valence-electron chi connectivity index (χ4n) is 4.41. The summed E-state index contributed by atoms with van der Waals surface area (Å²) in [7, 11) is 0. The molecule has 6 heteroatoms. The van der Waals surface area contributed by atoms with E-state index in [0.29, 0.717) is 12.5 Å². The molecular formula is C22H32N2O4. The molecule has 0 N–H and O–H groups in total. The predicted octanol–water partition coefficient (Wildman–Crippen LogP) is 2.57. The standard InChI is InChI=1S/C22H32N2O4/c1-17(2)13-24-16-22(27-15-21(24)25)8-11-23(12-9-22)10-7-18-14-26-19-5-3-4-6-20(19)28-18/h3-6,17-18H,7-16H2,1-2H3. The molecule has 1 spiro atoms. The Kier molecular flexibility index (Phi) is 5.78. The molecular weight excluding hydrogens is 356 g/mol. The van der Waals surface area contributed by atoms with Crippen LogP contribution in [0, 0.1) is 5.92 Å². The number of para-hydroxylation sites is 2. The molecule has 1 unspecified atom stereocenters. The average Bonchev–Trinajstić information content (AvgIpc) is 2.70. The van der Waals surface area contributed by atoms with Crippen LogP contribution in [0.15, 0.2) is 24.3 Å². The molecule has 1 aromatic carbocycles. The summed E-state index contributed by atoms with van der Waals surface area (Å²) >= 11 is 0. The number of rotatable bonds is 5. The molecule has 2 fully saturated rings. The number of piperidine rings is 1. The Bertz CT molecular complexity index is 685. The van der Waals surface area contributed by atoms with Crippen LogP contribution >= 0.6 is 0 Å². The van der Waals surface area contributed by atoms with Crippen molar-refractivity contribution in [2.45, 2.75) is 44.8 Å². The molecule has 1 atom stereocenters. The van der Waals surface area contributed by atoms with Gasteiger partial charge in [0.15, 0.2) is 11.5 Å². The van der Waals surface area contributed by atoms with Crippen molar-refractivity contribution in [3.63, 3.8) is 0 Å². The summed E-state index contributed by atoms with van der Waals surface area (Å²) in [5.74, 6) is 2.31. The molecule has 0 aliphatic carbocycles. The van der Waals surface area contributed by atoms with Crippen molar-refractivity contribution >= 4 is 5.91 Å². The van der Waals surface area contributed by atoms with Gasteiger partial charge in [0, 0.05) is 39.1 Å². The van der Waals surface area contributed by atoms with Crippen molar-refractivity contribution in [1.29, 1.82) is 0 Å². The van der Waals surface area contributed by atoms with E-state index in [4.69, 9.17) is 14.2 Å². The van der Waals surface area contributed by atoms with E-state index in [9.17, 15) is 4.79 Å². The van der Waals surface area contributed by atoms with Crippen molar-refractivity contribution in [3.8, 4) is 11.5 Å². The smallest absolute Gasteiger partial charge is 0.248 e. The van der Waals surface area contributed by atoms with Gasteiger partial charge in [-0.3, -0.25) is 4.79 Å². The van der Waals surface area contributed by atoms with Crippen molar-refractivity contribution in [2.75, 3.05) is 45.9 Å². The van der Waals surface area contributed by atoms with E-state index in [1.807, 2.05) is 29.2 Å². The summed E-state index contributed by atoms with van der Waals surface area (Å²) in [6.07, 6.45) is 3.04. The highest BCUT2D eigenvalue weighted by atomic mass is 16.6. The number of nitrogens with zero attached hydrogens (tertiary/aromatic N) is 2. The Hall–Kier alpha value is -1.79. The Morgan fingerprint density at radius 2 is 1.93 bits per heavy atom. The second-order valence-corrected chi connectivity index (χ2v) is 8.77. The van der Waals surface area contributed by atoms with Gasteiger partial charge in [-0.2, -0.15) is 0 Å². The van der Waals surface area contributed by atoms with E-state index in [1.54, 1.807) is 0 Å². The van der Waals surface area contributed by atoms with E-state index in [2.05, 4.69) is 18.7 Å². The van der Waals surface area contributed by atoms with Gasteiger partial charge in [0.1, 0.15) is 19.3 Å². The molecule has 4 rings (SSSR count). The van der Waals surface area contributed by atoms with Crippen LogP contribution in [-0.2, 0) is 9.53 Å². The highest BCUT2D eigenvalue weighted by molar-refractivity contribution is 5.78. The van der Waals surface area contributed by atoms with Gasteiger partial charge >= 0.3 is 0 Å². The van der Waals surface area contributed by atoms with Gasteiger partial charge in [0.05, 0.1) is 5.60 Å². The molecule has 1 amide bonds. The topological polar surface area (TPSA) is 51.2 Å². The van der Waals surface area contributed by atoms with Gasteiger partial charge in [-0.05, 0) is 30.9 Å². The zero-order chi connectivity index (χ0) is 19.6.